The summed E-state index contributed by atoms with van der Waals surface area (Å²) in [5, 5.41) is 9.13. The lowest BCUT2D eigenvalue weighted by molar-refractivity contribution is -0.0129. The normalized spacial score (nSPS) is 25.2. The number of unbranched alkanes of at least 4 members (excludes halogenated alkanes) is 30. The van der Waals surface area contributed by atoms with Crippen LogP contribution >= 0.6 is 31.1 Å². The number of ether oxygens (including phenoxy) is 3. The van der Waals surface area contributed by atoms with Crippen LogP contribution in [-0.4, -0.2) is 232 Å². The molecule has 6 heterocycles. The first-order valence-electron chi connectivity index (χ1n) is 39.0. The highest BCUT2D eigenvalue weighted by Gasteiger charge is 2.46. The van der Waals surface area contributed by atoms with Crippen LogP contribution < -0.4 is 0 Å². The van der Waals surface area contributed by atoms with Crippen LogP contribution in [0.25, 0.3) is 0 Å². The Kier molecular flexibility index (Phi) is 42.1. The zero-order valence-corrected chi connectivity index (χ0v) is 65.6. The molecule has 10 atom stereocenters. The van der Waals surface area contributed by atoms with Crippen molar-refractivity contribution in [2.75, 3.05) is 133 Å². The Labute approximate surface area is 596 Å². The van der Waals surface area contributed by atoms with Crippen molar-refractivity contribution in [2.24, 2.45) is 14.3 Å². The highest BCUT2D eigenvalue weighted by Crippen LogP contribution is 2.57. The summed E-state index contributed by atoms with van der Waals surface area (Å²) in [6.07, 6.45) is 33.5. The van der Waals surface area contributed by atoms with Crippen molar-refractivity contribution in [1.82, 2.24) is 29.4 Å². The first-order valence-corrected chi connectivity index (χ1v) is 45.0. The molecule has 5 unspecified atom stereocenters. The summed E-state index contributed by atoms with van der Waals surface area (Å²) in [6.45, 7) is 12.2. The van der Waals surface area contributed by atoms with E-state index in [0.717, 1.165) is 70.8 Å². The quantitative estimate of drug-likeness (QED) is 0.0377. The summed E-state index contributed by atoms with van der Waals surface area (Å²) in [7, 11) is -12.6. The molecule has 0 aromatic heterocycles. The molecule has 0 bridgehead atoms. The zero-order chi connectivity index (χ0) is 71.0. The number of hydrogen-bond acceptors (Lipinski definition) is 15. The topological polar surface area (TPSA) is 278 Å². The van der Waals surface area contributed by atoms with Gasteiger partial charge in [0.15, 0.2) is 0 Å². The molecular formula is C69H135N9O17P4. The molecule has 0 aliphatic carbocycles. The highest BCUT2D eigenvalue weighted by atomic mass is 31.2. The molecule has 99 heavy (non-hydrogen) atoms. The maximum Gasteiger partial charge on any atom is 0.472 e. The number of rotatable bonds is 58. The van der Waals surface area contributed by atoms with E-state index in [1.807, 2.05) is 35.8 Å². The van der Waals surface area contributed by atoms with E-state index in [9.17, 15) is 18.9 Å². The van der Waals surface area contributed by atoms with Gasteiger partial charge < -0.3 is 58.5 Å². The SMILES string of the molecule is CCCCCCCCCCCCN1CCN(C)/C1=N/P(=O)(O)O[C@@H]1CCOC1COP(=O)(/N=C1\N(C)CCN1CCCCCCCCCCCC)O[C@@H]1CCO[C@@H]1COP(=O)(/N=C1\N(C)CCN1CCCCCCCCCCCC)O[C@@H]1CCO[C@@H]1COP(=O)(O)OCCCCCCO. The molecule has 26 nitrogen and oxygen atoms in total. The van der Waals surface area contributed by atoms with Crippen LogP contribution in [0, 0.1) is 0 Å². The summed E-state index contributed by atoms with van der Waals surface area (Å²) in [4.78, 5) is 34.1. The lowest BCUT2D eigenvalue weighted by Gasteiger charge is -2.28. The number of aliphatic hydroxyl groups excluding tert-OH is 1. The Bertz CT molecular complexity index is 2500. The Morgan fingerprint density at radius 2 is 0.687 bits per heavy atom. The van der Waals surface area contributed by atoms with Crippen molar-refractivity contribution in [3.8, 4) is 0 Å². The van der Waals surface area contributed by atoms with Crippen molar-refractivity contribution in [3.63, 3.8) is 0 Å². The van der Waals surface area contributed by atoms with Gasteiger partial charge in [0.05, 0.1) is 44.7 Å². The number of likely N-dealkylation sites (N-methyl/N-ethyl adjacent to an activating group) is 3. The number of aliphatic hydroxyl groups is 1. The van der Waals surface area contributed by atoms with Gasteiger partial charge >= 0.3 is 31.1 Å². The van der Waals surface area contributed by atoms with E-state index in [2.05, 4.69) is 40.2 Å². The van der Waals surface area contributed by atoms with Gasteiger partial charge in [0.2, 0.25) is 17.9 Å². The van der Waals surface area contributed by atoms with Crippen molar-refractivity contribution in [3.05, 3.63) is 0 Å². The Hall–Kier alpha value is -1.79. The molecule has 0 amide bonds. The number of phosphoric acid groups is 1. The van der Waals surface area contributed by atoms with E-state index in [0.29, 0.717) is 89.5 Å². The summed E-state index contributed by atoms with van der Waals surface area (Å²) in [6, 6.07) is 0. The van der Waals surface area contributed by atoms with Crippen LogP contribution in [0.5, 0.6) is 0 Å². The van der Waals surface area contributed by atoms with Crippen LogP contribution in [0.2, 0.25) is 0 Å². The standard InChI is InChI=1S/C69H135N9O17P4/c1-7-10-13-16-19-22-25-28-31-36-44-76-50-47-73(4)67(76)70-96(80,81)93-61-41-55-86-64(61)58-90-97(82,71-68-74(5)48-51-77(68)45-37-32-29-26-23-20-17-14-11-8-2)94-62-42-56-87-65(62)59-91-98(83,72-69-75(6)49-52-78(69)46-38-33-30-27-24-21-18-15-12-9-3)95-63-43-57-88-66(63)60-92-99(84,85)89-54-40-35-34-39-53-79/h61-66,79H,7-60H2,1-6H3,(H,80,81)(H,84,85)/b70-67-,71-68+,72-69+/t61-,62-,63-,64?,65-,66-,97?,98?/m1/s1. The third-order valence-electron chi connectivity index (χ3n) is 19.7. The van der Waals surface area contributed by atoms with Crippen LogP contribution in [-0.2, 0) is 64.1 Å². The summed E-state index contributed by atoms with van der Waals surface area (Å²) in [5.41, 5.74) is 0. The minimum Gasteiger partial charge on any atom is -0.396 e. The van der Waals surface area contributed by atoms with Gasteiger partial charge in [-0.05, 0) is 32.1 Å². The van der Waals surface area contributed by atoms with Crippen molar-refractivity contribution >= 4 is 48.9 Å². The highest BCUT2D eigenvalue weighted by molar-refractivity contribution is 7.53. The van der Waals surface area contributed by atoms with Gasteiger partial charge in [-0.3, -0.25) is 31.7 Å². The second kappa shape index (κ2) is 48.4. The molecule has 0 aromatic carbocycles. The molecule has 6 rings (SSSR count). The summed E-state index contributed by atoms with van der Waals surface area (Å²) < 4.78 is 134. The van der Waals surface area contributed by atoms with E-state index in [1.165, 1.54) is 135 Å². The monoisotopic (exact) mass is 1490 g/mol. The van der Waals surface area contributed by atoms with Crippen molar-refractivity contribution in [1.29, 1.82) is 0 Å². The molecule has 578 valence electrons. The molecule has 6 saturated heterocycles. The molecule has 0 saturated carbocycles. The van der Waals surface area contributed by atoms with Gasteiger partial charge in [-0.1, -0.05) is 207 Å². The summed E-state index contributed by atoms with van der Waals surface area (Å²) in [5.74, 6) is 1.31. The molecule has 0 spiro atoms. The van der Waals surface area contributed by atoms with Crippen molar-refractivity contribution < 1.29 is 79.0 Å². The number of phosphoric ester groups is 1. The van der Waals surface area contributed by atoms with Crippen LogP contribution in [0.1, 0.15) is 258 Å². The fraction of sp³-hybridized carbons (Fsp3) is 0.957. The van der Waals surface area contributed by atoms with Gasteiger partial charge in [0, 0.05) is 126 Å². The maximum absolute atomic E-state index is 15.8. The van der Waals surface area contributed by atoms with E-state index in [4.69, 9.17) is 60.5 Å². The molecule has 30 heteroatoms. The number of hydrogen-bond donors (Lipinski definition) is 3. The largest absolute Gasteiger partial charge is 0.472 e. The molecular weight excluding hydrogens is 1350 g/mol. The van der Waals surface area contributed by atoms with Crippen LogP contribution in [0.4, 0.5) is 0 Å². The second-order valence-electron chi connectivity index (χ2n) is 28.3. The average molecular weight is 1490 g/mol. The smallest absolute Gasteiger partial charge is 0.396 e. The predicted molar refractivity (Wildman–Crippen MR) is 392 cm³/mol. The Morgan fingerprint density at radius 1 is 0.384 bits per heavy atom. The molecule has 6 fully saturated rings. The minimum absolute atomic E-state index is 0.0148. The number of guanidine groups is 3. The third kappa shape index (κ3) is 33.3. The fourth-order valence-electron chi connectivity index (χ4n) is 13.6. The maximum atomic E-state index is 15.8. The van der Waals surface area contributed by atoms with Gasteiger partial charge in [0.1, 0.15) is 18.3 Å². The van der Waals surface area contributed by atoms with Gasteiger partial charge in [-0.15, -0.1) is 14.3 Å². The third-order valence-corrected chi connectivity index (χ3v) is 24.6. The lowest BCUT2D eigenvalue weighted by Crippen LogP contribution is -2.34. The second-order valence-corrected chi connectivity index (χ2v) is 34.3. The molecule has 6 aliphatic rings. The lowest BCUT2D eigenvalue weighted by atomic mass is 10.1. The fourth-order valence-corrected chi connectivity index (χ4v) is 18.7. The first-order chi connectivity index (χ1) is 47.9. The van der Waals surface area contributed by atoms with Crippen LogP contribution in [0.15, 0.2) is 14.3 Å². The van der Waals surface area contributed by atoms with Gasteiger partial charge in [-0.2, -0.15) is 0 Å². The summed E-state index contributed by atoms with van der Waals surface area (Å²) >= 11 is 0. The van der Waals surface area contributed by atoms with E-state index < -0.39 is 74.3 Å². The predicted octanol–water partition coefficient (Wildman–Crippen LogP) is 15.1. The van der Waals surface area contributed by atoms with Crippen molar-refractivity contribution in [2.45, 2.75) is 295 Å². The molecule has 0 aromatic rings. The Balaban J connectivity index is 1.17. The molecule has 0 radical (unpaired) electrons. The average Bonchev–Trinajstić information content (AvgIpc) is 1.73. The molecule has 6 aliphatic heterocycles. The molecule has 3 N–H and O–H groups in total. The first kappa shape index (κ1) is 86.1. The minimum atomic E-state index is -4.61. The zero-order valence-electron chi connectivity index (χ0n) is 62.0. The van der Waals surface area contributed by atoms with Crippen LogP contribution in [0.3, 0.4) is 0 Å². The van der Waals surface area contributed by atoms with Gasteiger partial charge in [-0.25, -0.2) is 18.3 Å². The van der Waals surface area contributed by atoms with Gasteiger partial charge in [0.25, 0.3) is 0 Å². The van der Waals surface area contributed by atoms with E-state index >= 15 is 9.13 Å². The van der Waals surface area contributed by atoms with E-state index in [1.54, 1.807) is 0 Å². The Morgan fingerprint density at radius 3 is 1.04 bits per heavy atom. The number of nitrogens with zero attached hydrogens (tertiary/aromatic N) is 9. The van der Waals surface area contributed by atoms with E-state index in [-0.39, 0.29) is 65.5 Å².